The first-order valence-corrected chi connectivity index (χ1v) is 6.83. The second kappa shape index (κ2) is 7.26. The molecule has 2 aromatic carbocycles. The van der Waals surface area contributed by atoms with Gasteiger partial charge in [0.1, 0.15) is 6.61 Å². The Hall–Kier alpha value is -2.82. The molecule has 1 atom stereocenters. The van der Waals surface area contributed by atoms with E-state index in [-0.39, 0.29) is 6.61 Å². The number of rotatable bonds is 5. The number of hydrogen-bond acceptors (Lipinski definition) is 3. The molecule has 1 amide bonds. The van der Waals surface area contributed by atoms with Gasteiger partial charge in [-0.25, -0.2) is 9.59 Å². The quantitative estimate of drug-likeness (QED) is 0.889. The molecule has 0 radical (unpaired) electrons. The van der Waals surface area contributed by atoms with E-state index in [1.165, 1.54) is 0 Å². The molecule has 2 N–H and O–H groups in total. The van der Waals surface area contributed by atoms with E-state index in [1.807, 2.05) is 37.3 Å². The average Bonchev–Trinajstić information content (AvgIpc) is 2.52. The number of nitrogens with one attached hydrogen (secondary N) is 1. The van der Waals surface area contributed by atoms with Crippen LogP contribution in [0, 0.1) is 6.92 Å². The molecule has 5 heteroatoms. The van der Waals surface area contributed by atoms with Crippen LogP contribution in [0.3, 0.4) is 0 Å². The van der Waals surface area contributed by atoms with E-state index < -0.39 is 18.1 Å². The molecule has 0 fully saturated rings. The van der Waals surface area contributed by atoms with Crippen LogP contribution in [0.5, 0.6) is 0 Å². The Morgan fingerprint density at radius 1 is 1.09 bits per heavy atom. The van der Waals surface area contributed by atoms with Gasteiger partial charge < -0.3 is 15.2 Å². The Balaban J connectivity index is 1.97. The average molecular weight is 299 g/mol. The Bertz CT molecular complexity index is 637. The number of carboxylic acids is 1. The normalized spacial score (nSPS) is 11.5. The number of hydrogen-bond donors (Lipinski definition) is 2. The number of ether oxygens (including phenoxy) is 1. The zero-order valence-corrected chi connectivity index (χ0v) is 12.2. The maximum atomic E-state index is 11.8. The van der Waals surface area contributed by atoms with Gasteiger partial charge in [0.15, 0.2) is 6.04 Å². The van der Waals surface area contributed by atoms with E-state index >= 15 is 0 Å². The van der Waals surface area contributed by atoms with Gasteiger partial charge in [-0.3, -0.25) is 0 Å². The fourth-order valence-corrected chi connectivity index (χ4v) is 1.93. The lowest BCUT2D eigenvalue weighted by Gasteiger charge is -2.15. The number of aryl methyl sites for hydroxylation is 1. The highest BCUT2D eigenvalue weighted by molar-refractivity contribution is 5.81. The number of carbonyl (C=O) groups excluding carboxylic acids is 1. The van der Waals surface area contributed by atoms with Crippen molar-refractivity contribution in [2.45, 2.75) is 19.6 Å². The maximum Gasteiger partial charge on any atom is 0.408 e. The van der Waals surface area contributed by atoms with Crippen LogP contribution in [0.4, 0.5) is 4.79 Å². The first-order chi connectivity index (χ1) is 10.6. The van der Waals surface area contributed by atoms with Crippen LogP contribution in [0.15, 0.2) is 54.6 Å². The van der Waals surface area contributed by atoms with Crippen molar-refractivity contribution in [3.63, 3.8) is 0 Å². The van der Waals surface area contributed by atoms with E-state index in [0.29, 0.717) is 5.56 Å². The van der Waals surface area contributed by atoms with Gasteiger partial charge in [0, 0.05) is 0 Å². The highest BCUT2D eigenvalue weighted by Crippen LogP contribution is 2.14. The molecule has 0 aromatic heterocycles. The number of amides is 1. The zero-order chi connectivity index (χ0) is 15.9. The van der Waals surface area contributed by atoms with Gasteiger partial charge in [0.2, 0.25) is 0 Å². The minimum Gasteiger partial charge on any atom is -0.479 e. The molecular formula is C17H17NO4. The van der Waals surface area contributed by atoms with E-state index in [4.69, 9.17) is 4.74 Å². The Kier molecular flexibility index (Phi) is 5.14. The van der Waals surface area contributed by atoms with Gasteiger partial charge in [-0.1, -0.05) is 60.2 Å². The van der Waals surface area contributed by atoms with Gasteiger partial charge in [0.05, 0.1) is 0 Å². The number of carbonyl (C=O) groups is 2. The summed E-state index contributed by atoms with van der Waals surface area (Å²) in [5.74, 6) is -1.14. The molecule has 0 spiro atoms. The van der Waals surface area contributed by atoms with Gasteiger partial charge in [-0.2, -0.15) is 0 Å². The van der Waals surface area contributed by atoms with Crippen LogP contribution in [0.25, 0.3) is 0 Å². The van der Waals surface area contributed by atoms with Crippen molar-refractivity contribution in [3.8, 4) is 0 Å². The summed E-state index contributed by atoms with van der Waals surface area (Å²) in [5.41, 5.74) is 2.34. The molecule has 0 heterocycles. The number of carboxylic acid groups (broad SMARTS) is 1. The Morgan fingerprint density at radius 2 is 1.73 bits per heavy atom. The maximum absolute atomic E-state index is 11.8. The molecule has 0 bridgehead atoms. The summed E-state index contributed by atoms with van der Waals surface area (Å²) < 4.78 is 5.04. The molecule has 0 saturated carbocycles. The first kappa shape index (κ1) is 15.6. The lowest BCUT2D eigenvalue weighted by Crippen LogP contribution is -2.34. The SMILES string of the molecule is Cc1ccc([C@@H](NC(=O)OCc2ccccc2)C(=O)O)cc1. The second-order valence-corrected chi connectivity index (χ2v) is 4.89. The van der Waals surface area contributed by atoms with Crippen LogP contribution in [-0.4, -0.2) is 17.2 Å². The minimum atomic E-state index is -1.14. The predicted molar refractivity (Wildman–Crippen MR) is 81.3 cm³/mol. The topological polar surface area (TPSA) is 75.6 Å². The van der Waals surface area contributed by atoms with Crippen LogP contribution < -0.4 is 5.32 Å². The van der Waals surface area contributed by atoms with Gasteiger partial charge in [0.25, 0.3) is 0 Å². The molecule has 0 aliphatic rings. The zero-order valence-electron chi connectivity index (χ0n) is 12.2. The molecule has 114 valence electrons. The molecular weight excluding hydrogens is 282 g/mol. The lowest BCUT2D eigenvalue weighted by atomic mass is 10.1. The third-order valence-electron chi connectivity index (χ3n) is 3.13. The summed E-state index contributed by atoms with van der Waals surface area (Å²) in [6.45, 7) is 1.99. The molecule has 2 rings (SSSR count). The number of benzene rings is 2. The molecule has 0 saturated heterocycles. The van der Waals surface area contributed by atoms with Crippen LogP contribution in [0.2, 0.25) is 0 Å². The van der Waals surface area contributed by atoms with Crippen molar-refractivity contribution in [1.82, 2.24) is 5.32 Å². The third-order valence-corrected chi connectivity index (χ3v) is 3.13. The summed E-state index contributed by atoms with van der Waals surface area (Å²) in [6.07, 6.45) is -0.767. The standard InChI is InChI=1S/C17H17NO4/c1-12-7-9-14(10-8-12)15(16(19)20)18-17(21)22-11-13-5-3-2-4-6-13/h2-10,15H,11H2,1H3,(H,18,21)(H,19,20)/t15-/m1/s1. The number of aliphatic carboxylic acids is 1. The smallest absolute Gasteiger partial charge is 0.408 e. The fraction of sp³-hybridized carbons (Fsp3) is 0.176. The Labute approximate surface area is 128 Å². The molecule has 0 aliphatic heterocycles. The molecule has 22 heavy (non-hydrogen) atoms. The summed E-state index contributed by atoms with van der Waals surface area (Å²) in [7, 11) is 0. The molecule has 5 nitrogen and oxygen atoms in total. The van der Waals surface area contributed by atoms with Crippen LogP contribution in [0.1, 0.15) is 22.7 Å². The fourth-order valence-electron chi connectivity index (χ4n) is 1.93. The van der Waals surface area contributed by atoms with Crippen molar-refractivity contribution in [3.05, 3.63) is 71.3 Å². The van der Waals surface area contributed by atoms with E-state index in [2.05, 4.69) is 5.32 Å². The Morgan fingerprint density at radius 3 is 2.32 bits per heavy atom. The lowest BCUT2D eigenvalue weighted by molar-refractivity contribution is -0.139. The highest BCUT2D eigenvalue weighted by atomic mass is 16.5. The van der Waals surface area contributed by atoms with Crippen LogP contribution >= 0.6 is 0 Å². The largest absolute Gasteiger partial charge is 0.479 e. The summed E-state index contributed by atoms with van der Waals surface area (Å²) in [4.78, 5) is 23.1. The highest BCUT2D eigenvalue weighted by Gasteiger charge is 2.22. The van der Waals surface area contributed by atoms with Gasteiger partial charge in [-0.15, -0.1) is 0 Å². The van der Waals surface area contributed by atoms with Crippen molar-refractivity contribution in [2.75, 3.05) is 0 Å². The third kappa shape index (κ3) is 4.34. The molecule has 0 aliphatic carbocycles. The first-order valence-electron chi connectivity index (χ1n) is 6.83. The van der Waals surface area contributed by atoms with E-state index in [9.17, 15) is 14.7 Å². The van der Waals surface area contributed by atoms with Crippen molar-refractivity contribution in [2.24, 2.45) is 0 Å². The summed E-state index contributed by atoms with van der Waals surface area (Å²) in [6, 6.07) is 15.0. The van der Waals surface area contributed by atoms with Crippen molar-refractivity contribution < 1.29 is 19.4 Å². The molecule has 0 unspecified atom stereocenters. The van der Waals surface area contributed by atoms with E-state index in [1.54, 1.807) is 24.3 Å². The summed E-state index contributed by atoms with van der Waals surface area (Å²) >= 11 is 0. The number of alkyl carbamates (subject to hydrolysis) is 1. The predicted octanol–water partition coefficient (Wildman–Crippen LogP) is 3.05. The summed E-state index contributed by atoms with van der Waals surface area (Å²) in [5, 5.41) is 11.6. The van der Waals surface area contributed by atoms with Crippen LogP contribution in [-0.2, 0) is 16.1 Å². The van der Waals surface area contributed by atoms with E-state index in [0.717, 1.165) is 11.1 Å². The molecule has 2 aromatic rings. The second-order valence-electron chi connectivity index (χ2n) is 4.89. The van der Waals surface area contributed by atoms with Gasteiger partial charge >= 0.3 is 12.1 Å². The van der Waals surface area contributed by atoms with Gasteiger partial charge in [-0.05, 0) is 18.1 Å². The monoisotopic (exact) mass is 299 g/mol. The minimum absolute atomic E-state index is 0.0902. The van der Waals surface area contributed by atoms with Crippen molar-refractivity contribution in [1.29, 1.82) is 0 Å². The van der Waals surface area contributed by atoms with Crippen molar-refractivity contribution >= 4 is 12.1 Å².